The predicted molar refractivity (Wildman–Crippen MR) is 96.6 cm³/mol. The Morgan fingerprint density at radius 3 is 2.68 bits per heavy atom. The molecule has 0 saturated carbocycles. The van der Waals surface area contributed by atoms with E-state index >= 15 is 0 Å². The summed E-state index contributed by atoms with van der Waals surface area (Å²) < 4.78 is 0. The summed E-state index contributed by atoms with van der Waals surface area (Å²) in [5.74, 6) is 0.236. The van der Waals surface area contributed by atoms with E-state index in [0.29, 0.717) is 0 Å². The minimum atomic E-state index is 0.236. The molecule has 2 aromatic carbocycles. The Bertz CT molecular complexity index is 740. The molecular weight excluding hydrogens is 266 g/mol. The summed E-state index contributed by atoms with van der Waals surface area (Å²) >= 11 is 0. The number of nitrogens with one attached hydrogen (secondary N) is 1. The smallest absolute Gasteiger partial charge is 0.0423 e. The van der Waals surface area contributed by atoms with Gasteiger partial charge in [0.05, 0.1) is 0 Å². The molecule has 0 aliphatic heterocycles. The zero-order chi connectivity index (χ0) is 15.7. The molecule has 0 fully saturated rings. The lowest BCUT2D eigenvalue weighted by atomic mass is 9.73. The standard InChI is InChI=1S/C21H23N/c1-5-13-22-19-12-11-14(3)20-16(6-2)18-10-8-7-9-17(18)15(4)21(19)20/h6-12,16,22H,2,4-5,13H2,1,3H3. The number of hydrogen-bond donors (Lipinski definition) is 1. The molecule has 1 N–H and O–H groups in total. The molecular formula is C21H23N. The predicted octanol–water partition coefficient (Wildman–Crippen LogP) is 5.51. The van der Waals surface area contributed by atoms with Crippen molar-refractivity contribution in [2.24, 2.45) is 0 Å². The summed E-state index contributed by atoms with van der Waals surface area (Å²) in [7, 11) is 0. The van der Waals surface area contributed by atoms with Gasteiger partial charge < -0.3 is 5.32 Å². The van der Waals surface area contributed by atoms with Crippen LogP contribution in [0.25, 0.3) is 5.57 Å². The van der Waals surface area contributed by atoms with Gasteiger partial charge in [-0.1, -0.05) is 49.9 Å². The van der Waals surface area contributed by atoms with Crippen molar-refractivity contribution in [3.05, 3.63) is 83.4 Å². The normalized spacial score (nSPS) is 15.9. The first-order valence-electron chi connectivity index (χ1n) is 7.97. The first kappa shape index (κ1) is 14.6. The zero-order valence-electron chi connectivity index (χ0n) is 13.4. The summed E-state index contributed by atoms with van der Waals surface area (Å²) in [4.78, 5) is 0. The molecule has 2 aromatic rings. The molecule has 1 aliphatic carbocycles. The van der Waals surface area contributed by atoms with Gasteiger partial charge in [0.15, 0.2) is 0 Å². The number of hydrogen-bond acceptors (Lipinski definition) is 1. The van der Waals surface area contributed by atoms with Crippen LogP contribution >= 0.6 is 0 Å². The molecule has 0 radical (unpaired) electrons. The molecule has 1 aliphatic rings. The van der Waals surface area contributed by atoms with E-state index in [0.717, 1.165) is 18.5 Å². The Balaban J connectivity index is 2.25. The molecule has 3 rings (SSSR count). The van der Waals surface area contributed by atoms with Gasteiger partial charge in [0.1, 0.15) is 0 Å². The van der Waals surface area contributed by atoms with Gasteiger partial charge in [-0.3, -0.25) is 0 Å². The van der Waals surface area contributed by atoms with Gasteiger partial charge in [-0.05, 0) is 47.2 Å². The summed E-state index contributed by atoms with van der Waals surface area (Å²) in [6, 6.07) is 12.9. The average molecular weight is 289 g/mol. The van der Waals surface area contributed by atoms with Crippen LogP contribution in [0.2, 0.25) is 0 Å². The second-order valence-corrected chi connectivity index (χ2v) is 5.92. The Morgan fingerprint density at radius 1 is 1.18 bits per heavy atom. The quantitative estimate of drug-likeness (QED) is 0.732. The minimum Gasteiger partial charge on any atom is -0.385 e. The molecule has 1 heteroatoms. The van der Waals surface area contributed by atoms with Crippen molar-refractivity contribution in [1.82, 2.24) is 0 Å². The van der Waals surface area contributed by atoms with Crippen LogP contribution in [0, 0.1) is 6.92 Å². The van der Waals surface area contributed by atoms with Gasteiger partial charge in [0.25, 0.3) is 0 Å². The third-order valence-corrected chi connectivity index (χ3v) is 4.50. The van der Waals surface area contributed by atoms with Gasteiger partial charge in [-0.2, -0.15) is 0 Å². The molecule has 0 spiro atoms. The Hall–Kier alpha value is -2.28. The van der Waals surface area contributed by atoms with E-state index < -0.39 is 0 Å². The number of rotatable bonds is 4. The number of fused-ring (bicyclic) bond motifs is 2. The van der Waals surface area contributed by atoms with Crippen molar-refractivity contribution in [2.45, 2.75) is 26.2 Å². The largest absolute Gasteiger partial charge is 0.385 e. The highest BCUT2D eigenvalue weighted by molar-refractivity contribution is 5.92. The van der Waals surface area contributed by atoms with Gasteiger partial charge in [0, 0.05) is 23.7 Å². The van der Waals surface area contributed by atoms with E-state index in [-0.39, 0.29) is 5.92 Å². The molecule has 0 heterocycles. The molecule has 0 bridgehead atoms. The SMILES string of the molecule is C=CC1c2ccccc2C(=C)c2c(NCCC)ccc(C)c21. The number of allylic oxidation sites excluding steroid dienone is 1. The topological polar surface area (TPSA) is 12.0 Å². The lowest BCUT2D eigenvalue weighted by molar-refractivity contribution is 0.959. The average Bonchev–Trinajstić information content (AvgIpc) is 2.55. The van der Waals surface area contributed by atoms with Crippen LogP contribution in [0.1, 0.15) is 47.1 Å². The summed E-state index contributed by atoms with van der Waals surface area (Å²) in [6.07, 6.45) is 3.16. The van der Waals surface area contributed by atoms with Crippen LogP contribution < -0.4 is 5.32 Å². The van der Waals surface area contributed by atoms with Crippen LogP contribution in [0.15, 0.2) is 55.6 Å². The summed E-state index contributed by atoms with van der Waals surface area (Å²) in [5, 5.41) is 3.56. The lowest BCUT2D eigenvalue weighted by Gasteiger charge is -2.31. The van der Waals surface area contributed by atoms with Crippen molar-refractivity contribution in [3.8, 4) is 0 Å². The first-order chi connectivity index (χ1) is 10.7. The number of benzene rings is 2. The van der Waals surface area contributed by atoms with Gasteiger partial charge in [-0.25, -0.2) is 0 Å². The van der Waals surface area contributed by atoms with Crippen LogP contribution in [0.5, 0.6) is 0 Å². The molecule has 1 nitrogen and oxygen atoms in total. The maximum atomic E-state index is 4.40. The van der Waals surface area contributed by atoms with Crippen LogP contribution in [-0.4, -0.2) is 6.54 Å². The van der Waals surface area contributed by atoms with E-state index in [2.05, 4.69) is 74.8 Å². The third-order valence-electron chi connectivity index (χ3n) is 4.50. The molecule has 0 saturated heterocycles. The van der Waals surface area contributed by atoms with Gasteiger partial charge in [0.2, 0.25) is 0 Å². The van der Waals surface area contributed by atoms with E-state index in [1.807, 2.05) is 0 Å². The first-order valence-corrected chi connectivity index (χ1v) is 7.97. The van der Waals surface area contributed by atoms with E-state index in [9.17, 15) is 0 Å². The van der Waals surface area contributed by atoms with Crippen molar-refractivity contribution in [2.75, 3.05) is 11.9 Å². The second kappa shape index (κ2) is 5.84. The summed E-state index contributed by atoms with van der Waals surface area (Å²) in [6.45, 7) is 13.8. The van der Waals surface area contributed by atoms with Crippen molar-refractivity contribution >= 4 is 11.3 Å². The monoisotopic (exact) mass is 289 g/mol. The van der Waals surface area contributed by atoms with E-state index in [4.69, 9.17) is 0 Å². The Kier molecular flexibility index (Phi) is 3.89. The lowest BCUT2D eigenvalue weighted by Crippen LogP contribution is -2.15. The number of aryl methyl sites for hydroxylation is 1. The Morgan fingerprint density at radius 2 is 1.95 bits per heavy atom. The molecule has 0 amide bonds. The zero-order valence-corrected chi connectivity index (χ0v) is 13.4. The maximum Gasteiger partial charge on any atom is 0.0423 e. The number of anilines is 1. The minimum absolute atomic E-state index is 0.236. The highest BCUT2D eigenvalue weighted by Gasteiger charge is 2.28. The van der Waals surface area contributed by atoms with Gasteiger partial charge in [-0.15, -0.1) is 6.58 Å². The van der Waals surface area contributed by atoms with Gasteiger partial charge >= 0.3 is 0 Å². The second-order valence-electron chi connectivity index (χ2n) is 5.92. The highest BCUT2D eigenvalue weighted by Crippen LogP contribution is 2.46. The van der Waals surface area contributed by atoms with Crippen LogP contribution in [-0.2, 0) is 0 Å². The third kappa shape index (κ3) is 2.18. The molecule has 1 atom stereocenters. The van der Waals surface area contributed by atoms with Crippen LogP contribution in [0.3, 0.4) is 0 Å². The highest BCUT2D eigenvalue weighted by atomic mass is 14.9. The fraction of sp³-hybridized carbons (Fsp3) is 0.238. The Labute approximate surface area is 133 Å². The fourth-order valence-corrected chi connectivity index (χ4v) is 3.43. The van der Waals surface area contributed by atoms with E-state index in [1.54, 1.807) is 0 Å². The van der Waals surface area contributed by atoms with Crippen LogP contribution in [0.4, 0.5) is 5.69 Å². The summed E-state index contributed by atoms with van der Waals surface area (Å²) in [5.41, 5.74) is 8.77. The van der Waals surface area contributed by atoms with Crippen molar-refractivity contribution < 1.29 is 0 Å². The molecule has 112 valence electrons. The maximum absolute atomic E-state index is 4.40. The van der Waals surface area contributed by atoms with E-state index in [1.165, 1.54) is 33.5 Å². The van der Waals surface area contributed by atoms with Crippen molar-refractivity contribution in [1.29, 1.82) is 0 Å². The van der Waals surface area contributed by atoms with Crippen molar-refractivity contribution in [3.63, 3.8) is 0 Å². The molecule has 1 unspecified atom stereocenters. The molecule has 0 aromatic heterocycles. The molecule has 22 heavy (non-hydrogen) atoms. The fourth-order valence-electron chi connectivity index (χ4n) is 3.43.